The molecule has 0 aliphatic rings. The fraction of sp³-hybridized carbons (Fsp3) is 0.0714. The van der Waals surface area contributed by atoms with Crippen molar-refractivity contribution < 1.29 is 12.8 Å². The van der Waals surface area contributed by atoms with Crippen LogP contribution in [0.1, 0.15) is 0 Å². The Kier molecular flexibility index (Phi) is 3.26. The summed E-state index contributed by atoms with van der Waals surface area (Å²) in [7, 11) is -3.28. The highest BCUT2D eigenvalue weighted by atomic mass is 79.9. The molecule has 0 spiro atoms. The number of sulfone groups is 1. The highest BCUT2D eigenvalue weighted by Gasteiger charge is 2.15. The van der Waals surface area contributed by atoms with Gasteiger partial charge in [0.05, 0.1) is 16.1 Å². The lowest BCUT2D eigenvalue weighted by atomic mass is 10.2. The predicted molar refractivity (Wildman–Crippen MR) is 84.7 cm³/mol. The van der Waals surface area contributed by atoms with E-state index in [-0.39, 0.29) is 4.90 Å². The van der Waals surface area contributed by atoms with E-state index in [4.69, 9.17) is 10.2 Å². The quantitative estimate of drug-likeness (QED) is 0.703. The predicted octanol–water partition coefficient (Wildman–Crippen LogP) is 3.24. The fourth-order valence-corrected chi connectivity index (χ4v) is 2.98. The van der Waals surface area contributed by atoms with E-state index in [1.807, 2.05) is 12.1 Å². The molecule has 3 aromatic rings. The van der Waals surface area contributed by atoms with E-state index in [1.165, 1.54) is 12.1 Å². The Labute approximate surface area is 129 Å². The van der Waals surface area contributed by atoms with Gasteiger partial charge in [-0.2, -0.15) is 0 Å². The molecule has 0 unspecified atom stereocenters. The summed E-state index contributed by atoms with van der Waals surface area (Å²) in [6.07, 6.45) is 1.15. The molecular formula is C14H11BrN2O3S. The SMILES string of the molecule is CS(=O)(=O)c1ccc2oc(-c3cccc(Br)c3N)nc2c1. The Bertz CT molecular complexity index is 948. The van der Waals surface area contributed by atoms with Gasteiger partial charge in [0.25, 0.3) is 0 Å². The summed E-state index contributed by atoms with van der Waals surface area (Å²) in [5.41, 5.74) is 8.16. The Hall–Kier alpha value is -1.86. The largest absolute Gasteiger partial charge is 0.436 e. The number of fused-ring (bicyclic) bond motifs is 1. The monoisotopic (exact) mass is 366 g/mol. The summed E-state index contributed by atoms with van der Waals surface area (Å²) in [6.45, 7) is 0. The lowest BCUT2D eigenvalue weighted by molar-refractivity contribution is 0.602. The van der Waals surface area contributed by atoms with Gasteiger partial charge < -0.3 is 10.2 Å². The number of nitrogen functional groups attached to an aromatic ring is 1. The molecule has 1 aromatic heterocycles. The van der Waals surface area contributed by atoms with E-state index in [1.54, 1.807) is 12.1 Å². The van der Waals surface area contributed by atoms with Gasteiger partial charge in [-0.15, -0.1) is 0 Å². The summed E-state index contributed by atoms with van der Waals surface area (Å²) in [5.74, 6) is 0.356. The van der Waals surface area contributed by atoms with Crippen molar-refractivity contribution in [1.82, 2.24) is 4.98 Å². The average Bonchev–Trinajstić information content (AvgIpc) is 2.83. The third-order valence-electron chi connectivity index (χ3n) is 3.07. The highest BCUT2D eigenvalue weighted by Crippen LogP contribution is 2.33. The Morgan fingerprint density at radius 3 is 2.71 bits per heavy atom. The second-order valence-electron chi connectivity index (χ2n) is 4.62. The van der Waals surface area contributed by atoms with E-state index in [9.17, 15) is 8.42 Å². The molecule has 21 heavy (non-hydrogen) atoms. The van der Waals surface area contributed by atoms with Crippen molar-refractivity contribution in [3.63, 3.8) is 0 Å². The van der Waals surface area contributed by atoms with Crippen LogP contribution < -0.4 is 5.73 Å². The topological polar surface area (TPSA) is 86.2 Å². The molecule has 0 radical (unpaired) electrons. The first-order valence-electron chi connectivity index (χ1n) is 6.01. The summed E-state index contributed by atoms with van der Waals surface area (Å²) in [5, 5.41) is 0. The molecule has 0 bridgehead atoms. The second-order valence-corrected chi connectivity index (χ2v) is 7.49. The number of halogens is 1. The lowest BCUT2D eigenvalue weighted by Crippen LogP contribution is -1.96. The van der Waals surface area contributed by atoms with Gasteiger partial charge >= 0.3 is 0 Å². The van der Waals surface area contributed by atoms with Crippen LogP contribution in [-0.2, 0) is 9.84 Å². The highest BCUT2D eigenvalue weighted by molar-refractivity contribution is 9.10. The van der Waals surface area contributed by atoms with Crippen LogP contribution in [0.25, 0.3) is 22.6 Å². The molecule has 0 amide bonds. The molecule has 108 valence electrons. The molecule has 5 nitrogen and oxygen atoms in total. The fourth-order valence-electron chi connectivity index (χ4n) is 1.98. The first-order valence-corrected chi connectivity index (χ1v) is 8.70. The van der Waals surface area contributed by atoms with Crippen LogP contribution in [0.2, 0.25) is 0 Å². The number of aromatic nitrogens is 1. The van der Waals surface area contributed by atoms with E-state index in [0.29, 0.717) is 28.2 Å². The summed E-state index contributed by atoms with van der Waals surface area (Å²) >= 11 is 3.35. The van der Waals surface area contributed by atoms with Crippen molar-refractivity contribution >= 4 is 42.6 Å². The van der Waals surface area contributed by atoms with Crippen LogP contribution in [0.4, 0.5) is 5.69 Å². The first kappa shape index (κ1) is 14.1. The molecule has 2 aromatic carbocycles. The number of rotatable bonds is 2. The molecule has 3 rings (SSSR count). The van der Waals surface area contributed by atoms with Gasteiger partial charge in [-0.05, 0) is 46.3 Å². The Morgan fingerprint density at radius 2 is 2.00 bits per heavy atom. The Balaban J connectivity index is 2.20. The molecule has 0 saturated carbocycles. The van der Waals surface area contributed by atoms with Gasteiger partial charge in [0.1, 0.15) is 5.52 Å². The molecule has 1 heterocycles. The number of para-hydroxylation sites is 1. The maximum atomic E-state index is 11.6. The van der Waals surface area contributed by atoms with E-state index in [2.05, 4.69) is 20.9 Å². The van der Waals surface area contributed by atoms with E-state index < -0.39 is 9.84 Å². The molecule has 7 heteroatoms. The third-order valence-corrected chi connectivity index (χ3v) is 4.87. The normalized spacial score (nSPS) is 11.9. The molecule has 2 N–H and O–H groups in total. The first-order chi connectivity index (χ1) is 9.86. The second kappa shape index (κ2) is 4.85. The van der Waals surface area contributed by atoms with Crippen LogP contribution in [0.15, 0.2) is 50.2 Å². The minimum Gasteiger partial charge on any atom is -0.436 e. The van der Waals surface area contributed by atoms with Crippen LogP contribution in [0.3, 0.4) is 0 Å². The van der Waals surface area contributed by atoms with Gasteiger partial charge in [-0.25, -0.2) is 13.4 Å². The zero-order valence-electron chi connectivity index (χ0n) is 11.0. The summed E-state index contributed by atoms with van der Waals surface area (Å²) < 4.78 is 29.5. The van der Waals surface area contributed by atoms with Crippen molar-refractivity contribution in [3.8, 4) is 11.5 Å². The van der Waals surface area contributed by atoms with Crippen molar-refractivity contribution in [2.45, 2.75) is 4.90 Å². The number of nitrogens with zero attached hydrogens (tertiary/aromatic N) is 1. The minimum atomic E-state index is -3.28. The third kappa shape index (κ3) is 2.54. The number of oxazole rings is 1. The maximum Gasteiger partial charge on any atom is 0.229 e. The van der Waals surface area contributed by atoms with Crippen molar-refractivity contribution in [1.29, 1.82) is 0 Å². The molecule has 0 aliphatic carbocycles. The number of benzene rings is 2. The van der Waals surface area contributed by atoms with Crippen LogP contribution >= 0.6 is 15.9 Å². The van der Waals surface area contributed by atoms with Crippen molar-refractivity contribution in [3.05, 3.63) is 40.9 Å². The number of nitrogens with two attached hydrogens (primary N) is 1. The van der Waals surface area contributed by atoms with Gasteiger partial charge in [0.15, 0.2) is 15.4 Å². The van der Waals surface area contributed by atoms with Gasteiger partial charge in [0.2, 0.25) is 5.89 Å². The maximum absolute atomic E-state index is 11.6. The van der Waals surface area contributed by atoms with Crippen LogP contribution in [0, 0.1) is 0 Å². The number of hydrogen-bond donors (Lipinski definition) is 1. The Morgan fingerprint density at radius 1 is 1.24 bits per heavy atom. The molecular weight excluding hydrogens is 356 g/mol. The van der Waals surface area contributed by atoms with Gasteiger partial charge in [-0.1, -0.05) is 6.07 Å². The number of anilines is 1. The number of hydrogen-bond acceptors (Lipinski definition) is 5. The minimum absolute atomic E-state index is 0.206. The smallest absolute Gasteiger partial charge is 0.229 e. The molecule has 0 saturated heterocycles. The zero-order chi connectivity index (χ0) is 15.2. The van der Waals surface area contributed by atoms with Crippen LogP contribution in [0.5, 0.6) is 0 Å². The van der Waals surface area contributed by atoms with Crippen molar-refractivity contribution in [2.24, 2.45) is 0 Å². The zero-order valence-corrected chi connectivity index (χ0v) is 13.4. The summed E-state index contributed by atoms with van der Waals surface area (Å²) in [6, 6.07) is 10.0. The lowest BCUT2D eigenvalue weighted by Gasteiger charge is -2.02. The molecule has 0 aliphatic heterocycles. The van der Waals surface area contributed by atoms with E-state index >= 15 is 0 Å². The van der Waals surface area contributed by atoms with Crippen molar-refractivity contribution in [2.75, 3.05) is 12.0 Å². The van der Waals surface area contributed by atoms with Gasteiger partial charge in [0, 0.05) is 10.7 Å². The standard InChI is InChI=1S/C14H11BrN2O3S/c1-21(18,19)8-5-6-12-11(7-8)17-14(20-12)9-3-2-4-10(15)13(9)16/h2-7H,16H2,1H3. The van der Waals surface area contributed by atoms with Crippen LogP contribution in [-0.4, -0.2) is 19.7 Å². The molecule has 0 atom stereocenters. The summed E-state index contributed by atoms with van der Waals surface area (Å²) in [4.78, 5) is 4.53. The average molecular weight is 367 g/mol. The molecule has 0 fully saturated rings. The van der Waals surface area contributed by atoms with Gasteiger partial charge in [-0.3, -0.25) is 0 Å². The van der Waals surface area contributed by atoms with E-state index in [0.717, 1.165) is 10.7 Å².